The Bertz CT molecular complexity index is 1520. The van der Waals surface area contributed by atoms with Crippen LogP contribution in [0.1, 0.15) is 28.3 Å². The van der Waals surface area contributed by atoms with Gasteiger partial charge in [0.15, 0.2) is 5.13 Å². The van der Waals surface area contributed by atoms with Crippen LogP contribution in [0.2, 0.25) is 0 Å². The Morgan fingerprint density at radius 2 is 1.77 bits per heavy atom. The third-order valence-corrected chi connectivity index (χ3v) is 7.11. The second kappa shape index (κ2) is 8.56. The maximum absolute atomic E-state index is 13.4. The Kier molecular flexibility index (Phi) is 5.53. The Balaban J connectivity index is 1.74. The molecule has 0 bridgehead atoms. The molecule has 176 valence electrons. The van der Waals surface area contributed by atoms with Gasteiger partial charge in [-0.15, -0.1) is 0 Å². The van der Waals surface area contributed by atoms with E-state index in [9.17, 15) is 19.8 Å². The first-order chi connectivity index (χ1) is 16.8. The van der Waals surface area contributed by atoms with Crippen LogP contribution in [0.3, 0.4) is 0 Å². The van der Waals surface area contributed by atoms with Crippen LogP contribution >= 0.6 is 11.3 Å². The van der Waals surface area contributed by atoms with Gasteiger partial charge in [-0.25, -0.2) is 4.98 Å². The smallest absolute Gasteiger partial charge is 0.301 e. The predicted molar refractivity (Wildman–Crippen MR) is 135 cm³/mol. The molecule has 1 fully saturated rings. The van der Waals surface area contributed by atoms with E-state index in [2.05, 4.69) is 4.98 Å². The molecule has 2 heterocycles. The van der Waals surface area contributed by atoms with E-state index in [1.165, 1.54) is 28.4 Å². The van der Waals surface area contributed by atoms with Gasteiger partial charge in [-0.2, -0.15) is 0 Å². The molecule has 7 nitrogen and oxygen atoms in total. The number of fused-ring (bicyclic) bond motifs is 1. The highest BCUT2D eigenvalue weighted by molar-refractivity contribution is 7.22. The normalized spacial score (nSPS) is 17.3. The van der Waals surface area contributed by atoms with E-state index in [1.807, 2.05) is 32.0 Å². The van der Waals surface area contributed by atoms with Crippen molar-refractivity contribution in [2.45, 2.75) is 19.9 Å². The van der Waals surface area contributed by atoms with E-state index in [0.717, 1.165) is 15.8 Å². The minimum absolute atomic E-state index is 0.0220. The SMILES string of the molecule is COc1ccc2nc(N3C(=O)C(=O)/C(=C(/O)c4cc(C)ccc4C)C3c3ccc(O)cc3)sc2c1. The van der Waals surface area contributed by atoms with Crippen LogP contribution < -0.4 is 9.64 Å². The number of aliphatic hydroxyl groups excluding tert-OH is 1. The zero-order valence-electron chi connectivity index (χ0n) is 19.3. The Morgan fingerprint density at radius 3 is 2.49 bits per heavy atom. The number of phenols is 1. The van der Waals surface area contributed by atoms with Gasteiger partial charge < -0.3 is 14.9 Å². The van der Waals surface area contributed by atoms with Crippen molar-refractivity contribution in [1.82, 2.24) is 4.98 Å². The van der Waals surface area contributed by atoms with Crippen LogP contribution in [-0.4, -0.2) is 34.0 Å². The van der Waals surface area contributed by atoms with Crippen molar-refractivity contribution in [2.75, 3.05) is 12.0 Å². The number of aryl methyl sites for hydroxylation is 2. The molecule has 1 aromatic heterocycles. The standard InChI is InChI=1S/C27H22N2O5S/c1-14-4-5-15(2)19(12-14)24(31)22-23(16-6-8-17(30)9-7-16)29(26(33)25(22)32)27-28-20-11-10-18(34-3)13-21(20)35-27/h4-13,23,30-31H,1-3H3/b24-22+. The van der Waals surface area contributed by atoms with E-state index in [0.29, 0.717) is 27.5 Å². The number of benzene rings is 3. The first kappa shape index (κ1) is 22.6. The number of hydrogen-bond acceptors (Lipinski definition) is 7. The van der Waals surface area contributed by atoms with Crippen molar-refractivity contribution in [3.05, 3.63) is 88.5 Å². The summed E-state index contributed by atoms with van der Waals surface area (Å²) in [7, 11) is 1.57. The molecule has 1 saturated heterocycles. The summed E-state index contributed by atoms with van der Waals surface area (Å²) >= 11 is 1.25. The topological polar surface area (TPSA) is 100.0 Å². The third-order valence-electron chi connectivity index (χ3n) is 6.09. The summed E-state index contributed by atoms with van der Waals surface area (Å²) in [6, 6.07) is 16.3. The average Bonchev–Trinajstić information content (AvgIpc) is 3.38. The lowest BCUT2D eigenvalue weighted by atomic mass is 9.93. The minimum Gasteiger partial charge on any atom is -0.508 e. The van der Waals surface area contributed by atoms with E-state index < -0.39 is 17.7 Å². The molecule has 0 spiro atoms. The molecule has 1 unspecified atom stereocenters. The van der Waals surface area contributed by atoms with Crippen molar-refractivity contribution in [3.63, 3.8) is 0 Å². The van der Waals surface area contributed by atoms with E-state index in [4.69, 9.17) is 4.74 Å². The monoisotopic (exact) mass is 486 g/mol. The number of hydrogen-bond donors (Lipinski definition) is 2. The highest BCUT2D eigenvalue weighted by Gasteiger charge is 2.48. The lowest BCUT2D eigenvalue weighted by Gasteiger charge is -2.23. The third kappa shape index (κ3) is 3.81. The molecular formula is C27H22N2O5S. The second-order valence-corrected chi connectivity index (χ2v) is 9.42. The van der Waals surface area contributed by atoms with Gasteiger partial charge in [0.1, 0.15) is 17.3 Å². The second-order valence-electron chi connectivity index (χ2n) is 8.41. The molecule has 1 atom stereocenters. The van der Waals surface area contributed by atoms with Gasteiger partial charge in [-0.3, -0.25) is 14.5 Å². The number of Topliss-reactive ketones (excluding diaryl/α,β-unsaturated/α-hetero) is 1. The molecule has 0 radical (unpaired) electrons. The van der Waals surface area contributed by atoms with Crippen molar-refractivity contribution in [2.24, 2.45) is 0 Å². The summed E-state index contributed by atoms with van der Waals surface area (Å²) in [5.74, 6) is -1.11. The number of phenolic OH excluding ortho intramolecular Hbond substituents is 1. The molecule has 4 aromatic rings. The molecule has 0 saturated carbocycles. The van der Waals surface area contributed by atoms with Crippen LogP contribution in [0, 0.1) is 13.8 Å². The van der Waals surface area contributed by atoms with Crippen molar-refractivity contribution < 1.29 is 24.5 Å². The van der Waals surface area contributed by atoms with Crippen molar-refractivity contribution in [3.8, 4) is 11.5 Å². The highest BCUT2D eigenvalue weighted by atomic mass is 32.1. The number of anilines is 1. The van der Waals surface area contributed by atoms with E-state index in [1.54, 1.807) is 37.4 Å². The molecule has 2 N–H and O–H groups in total. The molecule has 8 heteroatoms. The van der Waals surface area contributed by atoms with Gasteiger partial charge in [0.05, 0.1) is 28.9 Å². The molecule has 0 aliphatic carbocycles. The quantitative estimate of drug-likeness (QED) is 0.232. The molecule has 35 heavy (non-hydrogen) atoms. The summed E-state index contributed by atoms with van der Waals surface area (Å²) in [4.78, 5) is 32.7. The largest absolute Gasteiger partial charge is 0.508 e. The Labute approximate surface area is 205 Å². The number of amides is 1. The molecule has 1 amide bonds. The number of nitrogens with zero attached hydrogens (tertiary/aromatic N) is 2. The number of carbonyl (C=O) groups excluding carboxylic acids is 2. The Hall–Kier alpha value is -4.17. The molecule has 5 rings (SSSR count). The van der Waals surface area contributed by atoms with Crippen LogP contribution in [0.15, 0.2) is 66.2 Å². The number of aromatic nitrogens is 1. The molecule has 3 aromatic carbocycles. The summed E-state index contributed by atoms with van der Waals surface area (Å²) in [6.45, 7) is 3.72. The number of methoxy groups -OCH3 is 1. The fourth-order valence-electron chi connectivity index (χ4n) is 4.26. The summed E-state index contributed by atoms with van der Waals surface area (Å²) in [6.07, 6.45) is 0. The van der Waals surface area contributed by atoms with Gasteiger partial charge >= 0.3 is 5.91 Å². The lowest BCUT2D eigenvalue weighted by molar-refractivity contribution is -0.132. The zero-order valence-corrected chi connectivity index (χ0v) is 20.1. The van der Waals surface area contributed by atoms with Gasteiger partial charge in [0.25, 0.3) is 5.78 Å². The van der Waals surface area contributed by atoms with Gasteiger partial charge in [0.2, 0.25) is 0 Å². The zero-order chi connectivity index (χ0) is 24.9. The fraction of sp³-hybridized carbons (Fsp3) is 0.148. The van der Waals surface area contributed by atoms with Gasteiger partial charge in [-0.05, 0) is 61.4 Å². The number of rotatable bonds is 4. The average molecular weight is 487 g/mol. The maximum atomic E-state index is 13.4. The van der Waals surface area contributed by atoms with E-state index in [-0.39, 0.29) is 17.1 Å². The first-order valence-electron chi connectivity index (χ1n) is 10.9. The first-order valence-corrected chi connectivity index (χ1v) is 11.7. The van der Waals surface area contributed by atoms with Gasteiger partial charge in [-0.1, -0.05) is 41.2 Å². The molecular weight excluding hydrogens is 464 g/mol. The molecule has 1 aliphatic heterocycles. The Morgan fingerprint density at radius 1 is 1.03 bits per heavy atom. The number of aliphatic hydroxyl groups is 1. The lowest BCUT2D eigenvalue weighted by Crippen LogP contribution is -2.29. The van der Waals surface area contributed by atoms with Crippen LogP contribution in [-0.2, 0) is 9.59 Å². The predicted octanol–water partition coefficient (Wildman–Crippen LogP) is 5.25. The van der Waals surface area contributed by atoms with Crippen molar-refractivity contribution >= 4 is 44.1 Å². The number of ether oxygens (including phenoxy) is 1. The summed E-state index contributed by atoms with van der Waals surface area (Å²) < 4.78 is 6.09. The van der Waals surface area contributed by atoms with E-state index >= 15 is 0 Å². The van der Waals surface area contributed by atoms with Crippen molar-refractivity contribution in [1.29, 1.82) is 0 Å². The number of carbonyl (C=O) groups is 2. The molecule has 1 aliphatic rings. The number of thiazole rings is 1. The summed E-state index contributed by atoms with van der Waals surface area (Å²) in [5.41, 5.74) is 3.37. The minimum atomic E-state index is -0.919. The summed E-state index contributed by atoms with van der Waals surface area (Å²) in [5, 5.41) is 21.5. The van der Waals surface area contributed by atoms with Crippen LogP contribution in [0.25, 0.3) is 16.0 Å². The van der Waals surface area contributed by atoms with Crippen LogP contribution in [0.5, 0.6) is 11.5 Å². The number of aromatic hydroxyl groups is 1. The fourth-order valence-corrected chi connectivity index (χ4v) is 5.28. The van der Waals surface area contributed by atoms with Crippen LogP contribution in [0.4, 0.5) is 5.13 Å². The highest BCUT2D eigenvalue weighted by Crippen LogP contribution is 2.45. The maximum Gasteiger partial charge on any atom is 0.301 e. The number of ketones is 1. The van der Waals surface area contributed by atoms with Gasteiger partial charge in [0, 0.05) is 5.56 Å².